The molecule has 29 heavy (non-hydrogen) atoms. The third kappa shape index (κ3) is 4.58. The van der Waals surface area contributed by atoms with Crippen LogP contribution >= 0.6 is 0 Å². The molecular formula is C18H19F2N3O6. The molecule has 156 valence electrons. The van der Waals surface area contributed by atoms with E-state index in [1.54, 1.807) is 0 Å². The summed E-state index contributed by atoms with van der Waals surface area (Å²) in [5.41, 5.74) is -0.163. The Morgan fingerprint density at radius 2 is 2.03 bits per heavy atom. The lowest BCUT2D eigenvalue weighted by Gasteiger charge is -2.21. The molecule has 0 unspecified atom stereocenters. The molecule has 0 radical (unpaired) electrons. The molecule has 1 aliphatic heterocycles. The Hall–Kier alpha value is -2.89. The quantitative estimate of drug-likeness (QED) is 0.646. The van der Waals surface area contributed by atoms with Crippen LogP contribution in [0.4, 0.5) is 19.4 Å². The summed E-state index contributed by atoms with van der Waals surface area (Å²) < 4.78 is 38.6. The van der Waals surface area contributed by atoms with E-state index in [0.29, 0.717) is 11.0 Å². The van der Waals surface area contributed by atoms with Crippen LogP contribution in [0.3, 0.4) is 0 Å². The maximum atomic E-state index is 14.1. The van der Waals surface area contributed by atoms with Crippen LogP contribution in [-0.2, 0) is 15.9 Å². The molecule has 0 bridgehead atoms. The molecular weight excluding hydrogens is 392 g/mol. The fourth-order valence-corrected chi connectivity index (χ4v) is 2.83. The van der Waals surface area contributed by atoms with Crippen LogP contribution in [0, 0.1) is 0 Å². The van der Waals surface area contributed by atoms with Crippen molar-refractivity contribution in [1.29, 1.82) is 0 Å². The maximum absolute atomic E-state index is 14.1. The summed E-state index contributed by atoms with van der Waals surface area (Å²) in [5.74, 6) is -4.01. The largest absolute Gasteiger partial charge is 0.449 e. The van der Waals surface area contributed by atoms with Gasteiger partial charge in [-0.2, -0.15) is 13.8 Å². The number of hydrogen-bond acceptors (Lipinski definition) is 7. The van der Waals surface area contributed by atoms with Gasteiger partial charge in [-0.3, -0.25) is 9.88 Å². The number of amides is 1. The van der Waals surface area contributed by atoms with Crippen molar-refractivity contribution in [2.24, 2.45) is 0 Å². The molecule has 1 amide bonds. The number of halogens is 2. The van der Waals surface area contributed by atoms with Gasteiger partial charge in [0.05, 0.1) is 13.2 Å². The van der Waals surface area contributed by atoms with Gasteiger partial charge in [0, 0.05) is 12.6 Å². The predicted molar refractivity (Wildman–Crippen MR) is 95.6 cm³/mol. The molecule has 3 atom stereocenters. The first kappa shape index (κ1) is 20.8. The summed E-state index contributed by atoms with van der Waals surface area (Å²) in [7, 11) is 0. The number of nitrogens with zero attached hydrogens (tertiary/aromatic N) is 2. The number of aliphatic hydroxyl groups is 2. The normalized spacial score (nSPS) is 23.0. The van der Waals surface area contributed by atoms with E-state index in [1.165, 1.54) is 0 Å². The van der Waals surface area contributed by atoms with Crippen LogP contribution in [-0.4, -0.2) is 57.2 Å². The molecule has 2 aromatic rings. The third-order valence-electron chi connectivity index (χ3n) is 4.34. The van der Waals surface area contributed by atoms with Crippen LogP contribution in [0.15, 0.2) is 47.4 Å². The van der Waals surface area contributed by atoms with Crippen molar-refractivity contribution in [2.45, 2.75) is 30.8 Å². The molecule has 1 aromatic carbocycles. The minimum absolute atomic E-state index is 0.0927. The first-order valence-corrected chi connectivity index (χ1v) is 8.72. The van der Waals surface area contributed by atoms with Gasteiger partial charge < -0.3 is 19.7 Å². The Morgan fingerprint density at radius 1 is 1.31 bits per heavy atom. The Labute approximate surface area is 163 Å². The van der Waals surface area contributed by atoms with E-state index in [2.05, 4.69) is 10.3 Å². The fraction of sp³-hybridized carbons (Fsp3) is 0.389. The maximum Gasteiger partial charge on any atom is 0.412 e. The number of nitrogens with one attached hydrogen (secondary N) is 1. The molecule has 3 N–H and O–H groups in total. The van der Waals surface area contributed by atoms with Crippen LogP contribution < -0.4 is 11.0 Å². The van der Waals surface area contributed by atoms with Gasteiger partial charge in [-0.05, 0) is 11.6 Å². The lowest BCUT2D eigenvalue weighted by atomic mass is 10.1. The number of carbonyl (C=O) groups is 1. The topological polar surface area (TPSA) is 123 Å². The van der Waals surface area contributed by atoms with Gasteiger partial charge in [0.25, 0.3) is 0 Å². The Balaban J connectivity index is 1.61. The summed E-state index contributed by atoms with van der Waals surface area (Å²) in [6, 6.07) is 10.4. The third-order valence-corrected chi connectivity index (χ3v) is 4.34. The first-order chi connectivity index (χ1) is 13.8. The summed E-state index contributed by atoms with van der Waals surface area (Å²) >= 11 is 0. The number of ether oxygens (including phenoxy) is 2. The number of rotatable bonds is 6. The van der Waals surface area contributed by atoms with E-state index < -0.39 is 42.7 Å². The summed E-state index contributed by atoms with van der Waals surface area (Å²) in [4.78, 5) is 27.4. The van der Waals surface area contributed by atoms with E-state index in [1.807, 2.05) is 30.3 Å². The van der Waals surface area contributed by atoms with Gasteiger partial charge in [-0.15, -0.1) is 0 Å². The second-order valence-corrected chi connectivity index (χ2v) is 6.33. The van der Waals surface area contributed by atoms with E-state index in [0.717, 1.165) is 17.8 Å². The van der Waals surface area contributed by atoms with Crippen molar-refractivity contribution in [1.82, 2.24) is 9.55 Å². The van der Waals surface area contributed by atoms with Crippen molar-refractivity contribution in [3.8, 4) is 0 Å². The van der Waals surface area contributed by atoms with Gasteiger partial charge in [0.15, 0.2) is 6.10 Å². The van der Waals surface area contributed by atoms with Gasteiger partial charge in [-0.1, -0.05) is 30.3 Å². The standard InChI is InChI=1S/C18H19F2N3O6/c19-18(20)14(25)12(10-24)29-15(18)23-8-6-13(21-16(23)26)22-17(27)28-9-7-11-4-2-1-3-5-11/h1-6,8,12,14-15,24-25H,7,9-10H2,(H,21,22,26,27)/t12-,14-,15-/m1/s1. The lowest BCUT2D eigenvalue weighted by Crippen LogP contribution is -2.41. The molecule has 1 aromatic heterocycles. The van der Waals surface area contributed by atoms with Crippen molar-refractivity contribution >= 4 is 11.9 Å². The van der Waals surface area contributed by atoms with Crippen molar-refractivity contribution in [2.75, 3.05) is 18.5 Å². The van der Waals surface area contributed by atoms with Crippen LogP contribution in [0.5, 0.6) is 0 Å². The van der Waals surface area contributed by atoms with Gasteiger partial charge in [-0.25, -0.2) is 9.59 Å². The summed E-state index contributed by atoms with van der Waals surface area (Å²) in [6.07, 6.45) is -5.38. The van der Waals surface area contributed by atoms with E-state index in [9.17, 15) is 23.5 Å². The average Bonchev–Trinajstić information content (AvgIpc) is 2.92. The zero-order valence-corrected chi connectivity index (χ0v) is 15.1. The zero-order chi connectivity index (χ0) is 21.0. The van der Waals surface area contributed by atoms with Crippen molar-refractivity contribution in [3.63, 3.8) is 0 Å². The Morgan fingerprint density at radius 3 is 2.66 bits per heavy atom. The number of anilines is 1. The molecule has 2 heterocycles. The summed E-state index contributed by atoms with van der Waals surface area (Å²) in [6.45, 7) is -0.751. The molecule has 1 fully saturated rings. The van der Waals surface area contributed by atoms with Crippen molar-refractivity contribution < 1.29 is 33.3 Å². The Bertz CT molecular complexity index is 908. The highest BCUT2D eigenvalue weighted by Gasteiger charge is 2.59. The number of aromatic nitrogens is 2. The monoisotopic (exact) mass is 411 g/mol. The molecule has 0 saturated carbocycles. The van der Waals surface area contributed by atoms with Crippen LogP contribution in [0.25, 0.3) is 0 Å². The minimum Gasteiger partial charge on any atom is -0.449 e. The molecule has 1 aliphatic rings. The second kappa shape index (κ2) is 8.64. The number of aliphatic hydroxyl groups excluding tert-OH is 2. The average molecular weight is 411 g/mol. The highest BCUT2D eigenvalue weighted by Crippen LogP contribution is 2.41. The number of benzene rings is 1. The van der Waals surface area contributed by atoms with Gasteiger partial charge in [0.2, 0.25) is 6.23 Å². The zero-order valence-electron chi connectivity index (χ0n) is 15.1. The highest BCUT2D eigenvalue weighted by molar-refractivity contribution is 5.83. The van der Waals surface area contributed by atoms with Crippen molar-refractivity contribution in [3.05, 3.63) is 58.6 Å². The van der Waals surface area contributed by atoms with Crippen LogP contribution in [0.1, 0.15) is 11.8 Å². The number of alkyl halides is 2. The summed E-state index contributed by atoms with van der Waals surface area (Å²) in [5, 5.41) is 20.8. The SMILES string of the molecule is O=C(Nc1ccn([C@@H]2O[C@H](CO)[C@@H](O)C2(F)F)c(=O)n1)OCCc1ccccc1. The van der Waals surface area contributed by atoms with Gasteiger partial charge in [0.1, 0.15) is 11.9 Å². The van der Waals surface area contributed by atoms with Crippen LogP contribution in [0.2, 0.25) is 0 Å². The molecule has 0 spiro atoms. The van der Waals surface area contributed by atoms with E-state index in [4.69, 9.17) is 14.6 Å². The predicted octanol–water partition coefficient (Wildman–Crippen LogP) is 0.920. The smallest absolute Gasteiger partial charge is 0.412 e. The van der Waals surface area contributed by atoms with Gasteiger partial charge >= 0.3 is 17.7 Å². The molecule has 11 heteroatoms. The molecule has 0 aliphatic carbocycles. The Kier molecular flexibility index (Phi) is 6.20. The first-order valence-electron chi connectivity index (χ1n) is 8.72. The van der Waals surface area contributed by atoms with E-state index >= 15 is 0 Å². The molecule has 3 rings (SSSR count). The molecule has 1 saturated heterocycles. The molecule has 9 nitrogen and oxygen atoms in total. The number of carbonyl (C=O) groups excluding carboxylic acids is 1. The second-order valence-electron chi connectivity index (χ2n) is 6.33. The minimum atomic E-state index is -3.82. The highest BCUT2D eigenvalue weighted by atomic mass is 19.3. The number of hydrogen-bond donors (Lipinski definition) is 3. The lowest BCUT2D eigenvalue weighted by molar-refractivity contribution is -0.140. The van der Waals surface area contributed by atoms with E-state index in [-0.39, 0.29) is 12.4 Å². The fourth-order valence-electron chi connectivity index (χ4n) is 2.83.